The van der Waals surface area contributed by atoms with Gasteiger partial charge in [0.15, 0.2) is 0 Å². The summed E-state index contributed by atoms with van der Waals surface area (Å²) in [5.74, 6) is 0. The van der Waals surface area contributed by atoms with Crippen LogP contribution in [0.2, 0.25) is 5.02 Å². The molecule has 0 aliphatic rings. The van der Waals surface area contributed by atoms with Gasteiger partial charge in [0.05, 0.1) is 5.02 Å². The van der Waals surface area contributed by atoms with Gasteiger partial charge in [-0.2, -0.15) is 5.26 Å². The Balaban J connectivity index is 2.71. The Kier molecular flexibility index (Phi) is 6.05. The van der Waals surface area contributed by atoms with Crippen molar-refractivity contribution < 1.29 is 4.55 Å². The van der Waals surface area contributed by atoms with E-state index in [2.05, 4.69) is 25.3 Å². The minimum Gasteiger partial charge on any atom is -0.591 e. The van der Waals surface area contributed by atoms with Gasteiger partial charge in [-0.1, -0.05) is 44.1 Å². The quantitative estimate of drug-likeness (QED) is 0.531. The number of nitrogens with zero attached hydrogens (tertiary/aromatic N) is 3. The van der Waals surface area contributed by atoms with Gasteiger partial charge in [-0.25, -0.2) is 4.98 Å². The van der Waals surface area contributed by atoms with Crippen molar-refractivity contribution in [2.45, 2.75) is 25.5 Å². The van der Waals surface area contributed by atoms with Crippen LogP contribution in [0.3, 0.4) is 0 Å². The third kappa shape index (κ3) is 4.58. The molecule has 1 atom stereocenters. The highest BCUT2D eigenvalue weighted by molar-refractivity contribution is 9.10. The largest absolute Gasteiger partial charge is 0.591 e. The number of nitriles is 1. The zero-order valence-corrected chi connectivity index (χ0v) is 16.5. The van der Waals surface area contributed by atoms with Gasteiger partial charge in [-0.15, -0.1) is 0 Å². The predicted octanol–water partition coefficient (Wildman–Crippen LogP) is 4.67. The second-order valence-electron chi connectivity index (χ2n) is 5.97. The average Bonchev–Trinajstić information content (AvgIpc) is 2.51. The topological polar surface area (TPSA) is 72.1 Å². The molecule has 124 valence electrons. The fraction of sp³-hybridized carbons (Fsp3) is 0.235. The normalized spacial score (nSPS) is 13.5. The van der Waals surface area contributed by atoms with E-state index >= 15 is 0 Å². The van der Waals surface area contributed by atoms with Crippen LogP contribution in [0.1, 0.15) is 37.6 Å². The Morgan fingerprint density at radius 1 is 1.38 bits per heavy atom. The molecule has 1 unspecified atom stereocenters. The second kappa shape index (κ2) is 7.66. The van der Waals surface area contributed by atoms with E-state index in [0.29, 0.717) is 16.3 Å². The zero-order valence-electron chi connectivity index (χ0n) is 13.4. The fourth-order valence-electron chi connectivity index (χ4n) is 1.82. The summed E-state index contributed by atoms with van der Waals surface area (Å²) in [6.07, 6.45) is 1.41. The number of rotatable bonds is 3. The molecule has 0 radical (unpaired) electrons. The molecule has 0 fully saturated rings. The molecular formula is C17H15BrClN3OS. The SMILES string of the molecule is CC(C)(C)[S+]([O-])/N=C(\c1cccc(Br)c1)c1cc(Cl)cnc1C#N. The van der Waals surface area contributed by atoms with Crippen molar-refractivity contribution in [3.63, 3.8) is 0 Å². The van der Waals surface area contributed by atoms with Crippen molar-refractivity contribution >= 4 is 44.6 Å². The molecular weight excluding hydrogens is 410 g/mol. The van der Waals surface area contributed by atoms with Gasteiger partial charge in [-0.3, -0.25) is 0 Å². The lowest BCUT2D eigenvalue weighted by Gasteiger charge is -2.20. The number of pyridine rings is 1. The van der Waals surface area contributed by atoms with Crippen molar-refractivity contribution in [3.05, 3.63) is 62.8 Å². The van der Waals surface area contributed by atoms with E-state index in [-0.39, 0.29) is 5.69 Å². The summed E-state index contributed by atoms with van der Waals surface area (Å²) in [5, 5.41) is 9.74. The smallest absolute Gasteiger partial charge is 0.150 e. The molecule has 1 aromatic carbocycles. The number of benzene rings is 1. The van der Waals surface area contributed by atoms with E-state index in [1.807, 2.05) is 51.1 Å². The van der Waals surface area contributed by atoms with E-state index in [1.165, 1.54) is 6.20 Å². The highest BCUT2D eigenvalue weighted by Gasteiger charge is 2.28. The minimum atomic E-state index is -1.50. The molecule has 0 amide bonds. The van der Waals surface area contributed by atoms with Gasteiger partial charge in [0.1, 0.15) is 33.6 Å². The first kappa shape index (κ1) is 18.9. The summed E-state index contributed by atoms with van der Waals surface area (Å²) in [4.78, 5) is 4.05. The number of aromatic nitrogens is 1. The molecule has 24 heavy (non-hydrogen) atoms. The van der Waals surface area contributed by atoms with Gasteiger partial charge in [-0.05, 0) is 39.0 Å². The molecule has 0 saturated heterocycles. The van der Waals surface area contributed by atoms with Crippen LogP contribution >= 0.6 is 27.5 Å². The summed E-state index contributed by atoms with van der Waals surface area (Å²) < 4.78 is 17.3. The fourth-order valence-corrected chi connectivity index (χ4v) is 3.02. The molecule has 2 rings (SSSR count). The third-order valence-corrected chi connectivity index (χ3v) is 5.11. The van der Waals surface area contributed by atoms with Crippen LogP contribution in [0.5, 0.6) is 0 Å². The van der Waals surface area contributed by atoms with E-state index in [0.717, 1.165) is 10.0 Å². The molecule has 0 aliphatic carbocycles. The summed E-state index contributed by atoms with van der Waals surface area (Å²) in [6, 6.07) is 11.1. The molecule has 7 heteroatoms. The van der Waals surface area contributed by atoms with Crippen molar-refractivity contribution in [1.82, 2.24) is 4.98 Å². The molecule has 0 saturated carbocycles. The highest BCUT2D eigenvalue weighted by atomic mass is 79.9. The van der Waals surface area contributed by atoms with E-state index < -0.39 is 16.1 Å². The first-order valence-electron chi connectivity index (χ1n) is 7.05. The minimum absolute atomic E-state index is 0.184. The Morgan fingerprint density at radius 2 is 2.08 bits per heavy atom. The van der Waals surface area contributed by atoms with Crippen molar-refractivity contribution in [2.24, 2.45) is 4.40 Å². The van der Waals surface area contributed by atoms with Gasteiger partial charge in [0.25, 0.3) is 0 Å². The highest BCUT2D eigenvalue weighted by Crippen LogP contribution is 2.24. The van der Waals surface area contributed by atoms with E-state index in [9.17, 15) is 9.81 Å². The summed E-state index contributed by atoms with van der Waals surface area (Å²) in [7, 11) is 0. The van der Waals surface area contributed by atoms with Gasteiger partial charge >= 0.3 is 0 Å². The summed E-state index contributed by atoms with van der Waals surface area (Å²) >= 11 is 7.97. The Bertz CT molecular complexity index is 827. The predicted molar refractivity (Wildman–Crippen MR) is 102 cm³/mol. The molecule has 0 spiro atoms. The maximum atomic E-state index is 12.6. The van der Waals surface area contributed by atoms with E-state index in [4.69, 9.17) is 11.6 Å². The summed E-state index contributed by atoms with van der Waals surface area (Å²) in [6.45, 7) is 5.52. The number of hydrogen-bond acceptors (Lipinski definition) is 4. The van der Waals surface area contributed by atoms with Crippen LogP contribution in [0.4, 0.5) is 0 Å². The average molecular weight is 425 g/mol. The first-order chi connectivity index (χ1) is 11.2. The summed E-state index contributed by atoms with van der Waals surface area (Å²) in [5.41, 5.74) is 1.79. The number of halogens is 2. The van der Waals surface area contributed by atoms with Crippen LogP contribution in [-0.4, -0.2) is 20.0 Å². The Hall–Kier alpha value is -1.39. The van der Waals surface area contributed by atoms with Crippen molar-refractivity contribution in [3.8, 4) is 6.07 Å². The molecule has 0 aliphatic heterocycles. The first-order valence-corrected chi connectivity index (χ1v) is 9.33. The molecule has 2 aromatic rings. The second-order valence-corrected chi connectivity index (χ2v) is 9.23. The van der Waals surface area contributed by atoms with Crippen LogP contribution in [0.15, 0.2) is 45.4 Å². The molecule has 0 bridgehead atoms. The van der Waals surface area contributed by atoms with Crippen molar-refractivity contribution in [2.75, 3.05) is 0 Å². The maximum Gasteiger partial charge on any atom is 0.150 e. The van der Waals surface area contributed by atoms with E-state index in [1.54, 1.807) is 6.07 Å². The van der Waals surface area contributed by atoms with Gasteiger partial charge < -0.3 is 4.55 Å². The standard InChI is InChI=1S/C17H15BrClN3OS/c1-17(2,3)24(23)22-16(11-5-4-6-12(18)7-11)14-8-13(19)10-21-15(14)9-20/h4-8,10H,1-3H3/b22-16+. The zero-order chi connectivity index (χ0) is 17.9. The van der Waals surface area contributed by atoms with Crippen LogP contribution in [-0.2, 0) is 11.4 Å². The molecule has 1 aromatic heterocycles. The van der Waals surface area contributed by atoms with Crippen molar-refractivity contribution in [1.29, 1.82) is 5.26 Å². The maximum absolute atomic E-state index is 12.6. The lowest BCUT2D eigenvalue weighted by atomic mass is 10.0. The van der Waals surface area contributed by atoms with Crippen LogP contribution < -0.4 is 0 Å². The van der Waals surface area contributed by atoms with Crippen LogP contribution in [0, 0.1) is 11.3 Å². The number of hydrogen-bond donors (Lipinski definition) is 0. The van der Waals surface area contributed by atoms with Gasteiger partial charge in [0.2, 0.25) is 0 Å². The molecule has 1 heterocycles. The molecule has 0 N–H and O–H groups in total. The third-order valence-electron chi connectivity index (χ3n) is 3.01. The van der Waals surface area contributed by atoms with Gasteiger partial charge in [0, 0.05) is 21.8 Å². The Labute approximate surface area is 158 Å². The Morgan fingerprint density at radius 3 is 2.67 bits per heavy atom. The lowest BCUT2D eigenvalue weighted by molar-refractivity contribution is 0.561. The molecule has 4 nitrogen and oxygen atoms in total. The lowest BCUT2D eigenvalue weighted by Crippen LogP contribution is -2.27. The monoisotopic (exact) mass is 423 g/mol. The van der Waals surface area contributed by atoms with Crippen LogP contribution in [0.25, 0.3) is 0 Å².